The van der Waals surface area contributed by atoms with Crippen molar-refractivity contribution < 1.29 is 8.78 Å². The van der Waals surface area contributed by atoms with E-state index in [9.17, 15) is 8.78 Å². The molecule has 96 valence electrons. The maximum Gasteiger partial charge on any atom is 0.252 e. The molecule has 0 amide bonds. The summed E-state index contributed by atoms with van der Waals surface area (Å²) in [7, 11) is 0. The highest BCUT2D eigenvalue weighted by Crippen LogP contribution is 2.61. The molecular formula is C14H26F2. The average molecular weight is 232 g/mol. The summed E-state index contributed by atoms with van der Waals surface area (Å²) >= 11 is 0. The molecule has 0 aromatic carbocycles. The van der Waals surface area contributed by atoms with Crippen LogP contribution in [0.15, 0.2) is 0 Å². The van der Waals surface area contributed by atoms with Crippen LogP contribution in [0.25, 0.3) is 0 Å². The van der Waals surface area contributed by atoms with Gasteiger partial charge in [-0.3, -0.25) is 0 Å². The lowest BCUT2D eigenvalue weighted by Crippen LogP contribution is -2.22. The molecule has 1 rings (SSSR count). The number of hydrogen-bond donors (Lipinski definition) is 0. The van der Waals surface area contributed by atoms with Gasteiger partial charge in [-0.15, -0.1) is 0 Å². The van der Waals surface area contributed by atoms with Crippen LogP contribution in [0.5, 0.6) is 0 Å². The Morgan fingerprint density at radius 3 is 2.12 bits per heavy atom. The van der Waals surface area contributed by atoms with Gasteiger partial charge in [0.05, 0.1) is 0 Å². The molecule has 0 N–H and O–H groups in total. The molecule has 1 fully saturated rings. The number of alkyl halides is 2. The van der Waals surface area contributed by atoms with E-state index in [4.69, 9.17) is 0 Å². The zero-order chi connectivity index (χ0) is 12.2. The minimum Gasteiger partial charge on any atom is -0.207 e. The zero-order valence-corrected chi connectivity index (χ0v) is 11.0. The predicted octanol–water partition coefficient (Wildman–Crippen LogP) is 5.42. The second-order valence-corrected chi connectivity index (χ2v) is 5.73. The number of rotatable bonds is 8. The van der Waals surface area contributed by atoms with Gasteiger partial charge in [-0.25, -0.2) is 8.78 Å². The first-order chi connectivity index (χ1) is 7.46. The Balaban J connectivity index is 2.40. The van der Waals surface area contributed by atoms with Gasteiger partial charge in [0.15, 0.2) is 0 Å². The van der Waals surface area contributed by atoms with Crippen LogP contribution in [0.2, 0.25) is 0 Å². The lowest BCUT2D eigenvalue weighted by Gasteiger charge is -2.29. The average Bonchev–Trinajstić information content (AvgIpc) is 2.84. The van der Waals surface area contributed by atoms with Crippen LogP contribution in [-0.2, 0) is 0 Å². The Labute approximate surface area is 98.8 Å². The third kappa shape index (κ3) is 3.43. The Morgan fingerprint density at radius 2 is 1.69 bits per heavy atom. The summed E-state index contributed by atoms with van der Waals surface area (Å²) in [4.78, 5) is 0. The van der Waals surface area contributed by atoms with Gasteiger partial charge in [-0.1, -0.05) is 52.9 Å². The normalized spacial score (nSPS) is 26.4. The lowest BCUT2D eigenvalue weighted by molar-refractivity contribution is 0.0523. The molecule has 0 radical (unpaired) electrons. The molecule has 0 bridgehead atoms. The van der Waals surface area contributed by atoms with Gasteiger partial charge in [0.1, 0.15) is 0 Å². The molecule has 1 saturated carbocycles. The maximum absolute atomic E-state index is 13.2. The van der Waals surface area contributed by atoms with Crippen molar-refractivity contribution in [3.05, 3.63) is 0 Å². The van der Waals surface area contributed by atoms with Crippen molar-refractivity contribution in [2.75, 3.05) is 0 Å². The molecule has 0 aromatic rings. The molecule has 0 aromatic heterocycles. The van der Waals surface area contributed by atoms with E-state index in [-0.39, 0.29) is 17.8 Å². The van der Waals surface area contributed by atoms with Crippen molar-refractivity contribution in [3.63, 3.8) is 0 Å². The second-order valence-electron chi connectivity index (χ2n) is 5.73. The van der Waals surface area contributed by atoms with Crippen LogP contribution in [-0.4, -0.2) is 5.92 Å². The lowest BCUT2D eigenvalue weighted by atomic mass is 9.76. The third-order valence-corrected chi connectivity index (χ3v) is 4.09. The standard InChI is InChI=1S/C14H26F2/c1-4-6-7-8-10-13(3,9-5-2)12-11-14(12,15)16/h12H,4-11H2,1-3H3. The summed E-state index contributed by atoms with van der Waals surface area (Å²) in [5.74, 6) is -2.68. The Kier molecular flexibility index (Phi) is 4.75. The molecule has 0 heterocycles. The van der Waals surface area contributed by atoms with Crippen LogP contribution >= 0.6 is 0 Å². The Bertz CT molecular complexity index is 213. The van der Waals surface area contributed by atoms with E-state index < -0.39 is 5.92 Å². The molecule has 0 spiro atoms. The van der Waals surface area contributed by atoms with Crippen molar-refractivity contribution in [2.45, 2.75) is 78.1 Å². The van der Waals surface area contributed by atoms with Crippen molar-refractivity contribution in [3.8, 4) is 0 Å². The van der Waals surface area contributed by atoms with Gasteiger partial charge in [-0.05, 0) is 18.3 Å². The molecule has 1 aliphatic carbocycles. The number of halogens is 2. The molecule has 2 unspecified atom stereocenters. The number of hydrogen-bond acceptors (Lipinski definition) is 0. The SMILES string of the molecule is CCCCCCC(C)(CCC)C1CC1(F)F. The molecule has 2 heteroatoms. The monoisotopic (exact) mass is 232 g/mol. The van der Waals surface area contributed by atoms with Crippen molar-refractivity contribution in [1.29, 1.82) is 0 Å². The van der Waals surface area contributed by atoms with Crippen LogP contribution < -0.4 is 0 Å². The van der Waals surface area contributed by atoms with Crippen LogP contribution in [0, 0.1) is 11.3 Å². The molecule has 2 atom stereocenters. The minimum absolute atomic E-state index is 0.105. The molecule has 16 heavy (non-hydrogen) atoms. The summed E-state index contributed by atoms with van der Waals surface area (Å²) in [6, 6.07) is 0. The smallest absolute Gasteiger partial charge is 0.207 e. The summed E-state index contributed by atoms with van der Waals surface area (Å²) < 4.78 is 26.4. The van der Waals surface area contributed by atoms with Gasteiger partial charge in [-0.2, -0.15) is 0 Å². The van der Waals surface area contributed by atoms with E-state index in [1.807, 2.05) is 0 Å². The van der Waals surface area contributed by atoms with Crippen LogP contribution in [0.1, 0.15) is 72.1 Å². The molecular weight excluding hydrogens is 206 g/mol. The van der Waals surface area contributed by atoms with Gasteiger partial charge >= 0.3 is 0 Å². The highest BCUT2D eigenvalue weighted by molar-refractivity contribution is 5.04. The minimum atomic E-state index is -2.35. The first kappa shape index (κ1) is 13.9. The van der Waals surface area contributed by atoms with E-state index in [1.165, 1.54) is 19.3 Å². The molecule has 0 aliphatic heterocycles. The van der Waals surface area contributed by atoms with Gasteiger partial charge in [0, 0.05) is 12.3 Å². The maximum atomic E-state index is 13.2. The highest BCUT2D eigenvalue weighted by Gasteiger charge is 2.63. The highest BCUT2D eigenvalue weighted by atomic mass is 19.3. The quantitative estimate of drug-likeness (QED) is 0.490. The van der Waals surface area contributed by atoms with Gasteiger partial charge in [0.25, 0.3) is 5.92 Å². The Morgan fingerprint density at radius 1 is 1.06 bits per heavy atom. The first-order valence-electron chi connectivity index (χ1n) is 6.84. The van der Waals surface area contributed by atoms with Crippen molar-refractivity contribution in [2.24, 2.45) is 11.3 Å². The summed E-state index contributed by atoms with van der Waals surface area (Å²) in [5, 5.41) is 0. The summed E-state index contributed by atoms with van der Waals surface area (Å²) in [5.41, 5.74) is -0.105. The zero-order valence-electron chi connectivity index (χ0n) is 11.0. The predicted molar refractivity (Wildman–Crippen MR) is 64.8 cm³/mol. The third-order valence-electron chi connectivity index (χ3n) is 4.09. The molecule has 0 saturated heterocycles. The largest absolute Gasteiger partial charge is 0.252 e. The number of unbranched alkanes of at least 4 members (excludes halogenated alkanes) is 3. The summed E-state index contributed by atoms with van der Waals surface area (Å²) in [6.07, 6.45) is 7.88. The molecule has 0 nitrogen and oxygen atoms in total. The first-order valence-corrected chi connectivity index (χ1v) is 6.84. The van der Waals surface area contributed by atoms with E-state index in [0.29, 0.717) is 0 Å². The Hall–Kier alpha value is -0.140. The van der Waals surface area contributed by atoms with Crippen LogP contribution in [0.4, 0.5) is 8.78 Å². The van der Waals surface area contributed by atoms with Crippen molar-refractivity contribution in [1.82, 2.24) is 0 Å². The van der Waals surface area contributed by atoms with Gasteiger partial charge < -0.3 is 0 Å². The van der Waals surface area contributed by atoms with E-state index >= 15 is 0 Å². The van der Waals surface area contributed by atoms with Gasteiger partial charge in [0.2, 0.25) is 0 Å². The van der Waals surface area contributed by atoms with E-state index in [1.54, 1.807) is 0 Å². The molecule has 1 aliphatic rings. The van der Waals surface area contributed by atoms with Crippen molar-refractivity contribution >= 4 is 0 Å². The second kappa shape index (κ2) is 5.46. The fraction of sp³-hybridized carbons (Fsp3) is 1.00. The van der Waals surface area contributed by atoms with E-state index in [0.717, 1.165) is 25.7 Å². The fourth-order valence-electron chi connectivity index (χ4n) is 2.97. The fourth-order valence-corrected chi connectivity index (χ4v) is 2.97. The van der Waals surface area contributed by atoms with Crippen LogP contribution in [0.3, 0.4) is 0 Å². The van der Waals surface area contributed by atoms with E-state index in [2.05, 4.69) is 20.8 Å². The summed E-state index contributed by atoms with van der Waals surface area (Å²) in [6.45, 7) is 6.36. The topological polar surface area (TPSA) is 0 Å².